The number of hydrogen-bond donors (Lipinski definition) is 1. The molecule has 5 heteroatoms. The van der Waals surface area contributed by atoms with E-state index in [4.69, 9.17) is 9.26 Å². The minimum atomic E-state index is -0.220. The van der Waals surface area contributed by atoms with Gasteiger partial charge in [-0.25, -0.2) is 0 Å². The van der Waals surface area contributed by atoms with Gasteiger partial charge in [0.05, 0.1) is 13.2 Å². The molecule has 1 N–H and O–H groups in total. The van der Waals surface area contributed by atoms with Crippen molar-refractivity contribution in [3.05, 3.63) is 30.2 Å². The second-order valence-corrected chi connectivity index (χ2v) is 4.51. The average Bonchev–Trinajstić information content (AvgIpc) is 2.84. The number of hydrogen-bond acceptors (Lipinski definition) is 5. The summed E-state index contributed by atoms with van der Waals surface area (Å²) < 4.78 is 10.4. The monoisotopic (exact) mass is 246 g/mol. The molecular weight excluding hydrogens is 232 g/mol. The fourth-order valence-electron chi connectivity index (χ4n) is 2.07. The van der Waals surface area contributed by atoms with E-state index in [0.717, 1.165) is 11.3 Å². The quantitative estimate of drug-likeness (QED) is 0.896. The molecule has 0 radical (unpaired) electrons. The number of benzene rings is 1. The molecule has 2 aromatic rings. The lowest BCUT2D eigenvalue weighted by Gasteiger charge is -2.27. The molecule has 0 saturated heterocycles. The van der Waals surface area contributed by atoms with Crippen LogP contribution in [0.4, 0.5) is 0 Å². The van der Waals surface area contributed by atoms with Crippen LogP contribution in [0.15, 0.2) is 28.8 Å². The molecule has 1 aromatic heterocycles. The second kappa shape index (κ2) is 4.42. The van der Waals surface area contributed by atoms with Crippen molar-refractivity contribution in [3.8, 4) is 17.1 Å². The molecule has 0 atom stereocenters. The Balaban J connectivity index is 1.83. The molecule has 94 valence electrons. The molecule has 0 unspecified atom stereocenters. The maximum absolute atomic E-state index is 9.27. The second-order valence-electron chi connectivity index (χ2n) is 4.51. The number of methoxy groups -OCH3 is 1. The summed E-state index contributed by atoms with van der Waals surface area (Å²) in [7, 11) is 1.62. The Labute approximate surface area is 104 Å². The smallest absolute Gasteiger partial charge is 0.230 e. The Morgan fingerprint density at radius 1 is 1.39 bits per heavy atom. The van der Waals surface area contributed by atoms with Crippen LogP contribution in [0.2, 0.25) is 0 Å². The fourth-order valence-corrected chi connectivity index (χ4v) is 2.07. The molecule has 18 heavy (non-hydrogen) atoms. The Kier molecular flexibility index (Phi) is 2.76. The zero-order chi connectivity index (χ0) is 12.5. The highest BCUT2D eigenvalue weighted by Crippen LogP contribution is 2.36. The SMILES string of the molecule is COc1cccc(-c2noc(C3CC(O)C3)n2)c1. The van der Waals surface area contributed by atoms with Crippen LogP contribution in [-0.2, 0) is 0 Å². The lowest BCUT2D eigenvalue weighted by atomic mass is 9.82. The highest BCUT2D eigenvalue weighted by atomic mass is 16.5. The summed E-state index contributed by atoms with van der Waals surface area (Å²) in [5.74, 6) is 2.13. The number of aromatic nitrogens is 2. The van der Waals surface area contributed by atoms with Crippen LogP contribution in [0, 0.1) is 0 Å². The first kappa shape index (κ1) is 11.2. The Morgan fingerprint density at radius 2 is 2.22 bits per heavy atom. The van der Waals surface area contributed by atoms with Gasteiger partial charge in [0, 0.05) is 11.5 Å². The predicted molar refractivity (Wildman–Crippen MR) is 64.3 cm³/mol. The number of rotatable bonds is 3. The van der Waals surface area contributed by atoms with Crippen molar-refractivity contribution in [2.24, 2.45) is 0 Å². The van der Waals surface area contributed by atoms with Crippen LogP contribution < -0.4 is 4.74 Å². The lowest BCUT2D eigenvalue weighted by Crippen LogP contribution is -2.26. The summed E-state index contributed by atoms with van der Waals surface area (Å²) in [6.07, 6.45) is 1.20. The van der Waals surface area contributed by atoms with Crippen LogP contribution in [0.1, 0.15) is 24.7 Å². The highest BCUT2D eigenvalue weighted by Gasteiger charge is 2.33. The van der Waals surface area contributed by atoms with Gasteiger partial charge in [-0.2, -0.15) is 4.98 Å². The molecule has 1 heterocycles. The Hall–Kier alpha value is -1.88. The Morgan fingerprint density at radius 3 is 2.94 bits per heavy atom. The van der Waals surface area contributed by atoms with Gasteiger partial charge in [0.2, 0.25) is 11.7 Å². The number of aliphatic hydroxyl groups excluding tert-OH is 1. The van der Waals surface area contributed by atoms with Gasteiger partial charge in [-0.15, -0.1) is 0 Å². The topological polar surface area (TPSA) is 68.4 Å². The standard InChI is InChI=1S/C13H14N2O3/c1-17-11-4-2-3-8(7-11)12-14-13(18-15-12)9-5-10(16)6-9/h2-4,7,9-10,16H,5-6H2,1H3. The fraction of sp³-hybridized carbons (Fsp3) is 0.385. The first-order chi connectivity index (χ1) is 8.76. The average molecular weight is 246 g/mol. The molecule has 0 bridgehead atoms. The van der Waals surface area contributed by atoms with Gasteiger partial charge in [0.25, 0.3) is 0 Å². The van der Waals surface area contributed by atoms with Crippen molar-refractivity contribution in [2.75, 3.05) is 7.11 Å². The van der Waals surface area contributed by atoms with E-state index in [1.807, 2.05) is 24.3 Å². The van der Waals surface area contributed by atoms with Crippen LogP contribution >= 0.6 is 0 Å². The molecule has 5 nitrogen and oxygen atoms in total. The molecule has 0 amide bonds. The summed E-state index contributed by atoms with van der Waals surface area (Å²) >= 11 is 0. The van der Waals surface area contributed by atoms with Crippen LogP contribution in [0.5, 0.6) is 5.75 Å². The van der Waals surface area contributed by atoms with Gasteiger partial charge >= 0.3 is 0 Å². The first-order valence-electron chi connectivity index (χ1n) is 5.92. The van der Waals surface area contributed by atoms with Crippen LogP contribution in [0.3, 0.4) is 0 Å². The summed E-state index contributed by atoms with van der Waals surface area (Å²) in [5, 5.41) is 13.2. The maximum Gasteiger partial charge on any atom is 0.230 e. The van der Waals surface area contributed by atoms with E-state index < -0.39 is 0 Å². The molecule has 1 saturated carbocycles. The zero-order valence-electron chi connectivity index (χ0n) is 10.0. The molecule has 0 aliphatic heterocycles. The summed E-state index contributed by atoms with van der Waals surface area (Å²) in [6, 6.07) is 7.53. The van der Waals surface area contributed by atoms with Gasteiger partial charge < -0.3 is 14.4 Å². The summed E-state index contributed by atoms with van der Waals surface area (Å²) in [4.78, 5) is 4.37. The molecule has 0 spiro atoms. The van der Waals surface area contributed by atoms with Crippen molar-refractivity contribution < 1.29 is 14.4 Å². The van der Waals surface area contributed by atoms with E-state index in [9.17, 15) is 5.11 Å². The minimum absolute atomic E-state index is 0.201. The van der Waals surface area contributed by atoms with Gasteiger partial charge in [0.1, 0.15) is 5.75 Å². The van der Waals surface area contributed by atoms with Crippen molar-refractivity contribution >= 4 is 0 Å². The summed E-state index contributed by atoms with van der Waals surface area (Å²) in [5.41, 5.74) is 0.865. The normalized spacial score (nSPS) is 22.6. The van der Waals surface area contributed by atoms with Crippen molar-refractivity contribution in [3.63, 3.8) is 0 Å². The van der Waals surface area contributed by atoms with E-state index in [1.165, 1.54) is 0 Å². The third-order valence-corrected chi connectivity index (χ3v) is 3.23. The molecule has 1 aliphatic carbocycles. The number of aliphatic hydroxyl groups is 1. The highest BCUT2D eigenvalue weighted by molar-refractivity contribution is 5.56. The third kappa shape index (κ3) is 1.97. The Bertz CT molecular complexity index is 547. The van der Waals surface area contributed by atoms with Crippen LogP contribution in [-0.4, -0.2) is 28.5 Å². The van der Waals surface area contributed by atoms with Gasteiger partial charge in [0.15, 0.2) is 0 Å². The molecule has 1 aromatic carbocycles. The third-order valence-electron chi connectivity index (χ3n) is 3.23. The maximum atomic E-state index is 9.27. The van der Waals surface area contributed by atoms with Gasteiger partial charge in [-0.05, 0) is 25.0 Å². The van der Waals surface area contributed by atoms with Crippen LogP contribution in [0.25, 0.3) is 11.4 Å². The van der Waals surface area contributed by atoms with Crippen molar-refractivity contribution in [2.45, 2.75) is 24.9 Å². The van der Waals surface area contributed by atoms with E-state index >= 15 is 0 Å². The van der Waals surface area contributed by atoms with E-state index in [0.29, 0.717) is 24.6 Å². The van der Waals surface area contributed by atoms with Gasteiger partial charge in [-0.1, -0.05) is 17.3 Å². The largest absolute Gasteiger partial charge is 0.497 e. The lowest BCUT2D eigenvalue weighted by molar-refractivity contribution is 0.0625. The van der Waals surface area contributed by atoms with Crippen molar-refractivity contribution in [1.29, 1.82) is 0 Å². The molecule has 1 aliphatic rings. The van der Waals surface area contributed by atoms with E-state index in [1.54, 1.807) is 7.11 Å². The zero-order valence-corrected chi connectivity index (χ0v) is 10.0. The molecular formula is C13H14N2O3. The summed E-state index contributed by atoms with van der Waals surface area (Å²) in [6.45, 7) is 0. The first-order valence-corrected chi connectivity index (χ1v) is 5.92. The van der Waals surface area contributed by atoms with E-state index in [2.05, 4.69) is 10.1 Å². The number of nitrogens with zero attached hydrogens (tertiary/aromatic N) is 2. The van der Waals surface area contributed by atoms with Gasteiger partial charge in [-0.3, -0.25) is 0 Å². The van der Waals surface area contributed by atoms with Crippen molar-refractivity contribution in [1.82, 2.24) is 10.1 Å². The van der Waals surface area contributed by atoms with E-state index in [-0.39, 0.29) is 12.0 Å². The number of ether oxygens (including phenoxy) is 1. The predicted octanol–water partition coefficient (Wildman–Crippen LogP) is 1.98. The minimum Gasteiger partial charge on any atom is -0.497 e. The molecule has 1 fully saturated rings. The molecule has 3 rings (SSSR count).